The average Bonchev–Trinajstić information content (AvgIpc) is 2.52. The highest BCUT2D eigenvalue weighted by Crippen LogP contribution is 2.15. The lowest BCUT2D eigenvalue weighted by atomic mass is 10.1. The van der Waals surface area contributed by atoms with Crippen molar-refractivity contribution in [1.82, 2.24) is 4.98 Å². The maximum absolute atomic E-state index is 5.50. The summed E-state index contributed by atoms with van der Waals surface area (Å²) < 4.78 is 10.9. The van der Waals surface area contributed by atoms with Gasteiger partial charge in [-0.1, -0.05) is 30.3 Å². The molecule has 0 saturated heterocycles. The minimum atomic E-state index is 0.619. The van der Waals surface area contributed by atoms with Crippen LogP contribution in [0, 0.1) is 0 Å². The van der Waals surface area contributed by atoms with Crippen LogP contribution in [-0.2, 0) is 17.9 Å². The number of aromatic nitrogens is 1. The van der Waals surface area contributed by atoms with Crippen LogP contribution in [0.15, 0.2) is 42.5 Å². The van der Waals surface area contributed by atoms with Gasteiger partial charge in [-0.05, 0) is 31.0 Å². The highest BCUT2D eigenvalue weighted by Gasteiger charge is 2.03. The number of nitrogens with one attached hydrogen (secondary N) is 1. The standard InChI is InChI=1S/C17H22N2O2/c1-3-20-13-15-9-6-5-8-14(15)12-18-16-10-7-11-17(19-16)21-4-2/h5-11H,3-4,12-13H2,1-2H3,(H,18,19). The number of ether oxygens (including phenoxy) is 2. The Morgan fingerprint density at radius 3 is 2.52 bits per heavy atom. The van der Waals surface area contributed by atoms with Gasteiger partial charge in [0.1, 0.15) is 5.82 Å². The van der Waals surface area contributed by atoms with Crippen LogP contribution in [0.5, 0.6) is 5.88 Å². The molecule has 0 aliphatic heterocycles. The maximum atomic E-state index is 5.50. The van der Waals surface area contributed by atoms with Gasteiger partial charge < -0.3 is 14.8 Å². The molecule has 0 aliphatic rings. The zero-order valence-corrected chi connectivity index (χ0v) is 12.6. The third-order valence-corrected chi connectivity index (χ3v) is 3.06. The summed E-state index contributed by atoms with van der Waals surface area (Å²) in [5.41, 5.74) is 2.42. The predicted molar refractivity (Wildman–Crippen MR) is 84.5 cm³/mol. The lowest BCUT2D eigenvalue weighted by molar-refractivity contribution is 0.133. The molecule has 0 saturated carbocycles. The summed E-state index contributed by atoms with van der Waals surface area (Å²) in [5, 5.41) is 3.33. The molecule has 0 spiro atoms. The van der Waals surface area contributed by atoms with E-state index in [1.807, 2.05) is 44.2 Å². The Balaban J connectivity index is 2.00. The summed E-state index contributed by atoms with van der Waals surface area (Å²) in [6.07, 6.45) is 0. The Hall–Kier alpha value is -2.07. The van der Waals surface area contributed by atoms with E-state index in [-0.39, 0.29) is 0 Å². The second kappa shape index (κ2) is 8.27. The fourth-order valence-corrected chi connectivity index (χ4v) is 2.01. The van der Waals surface area contributed by atoms with Crippen molar-refractivity contribution in [3.8, 4) is 5.88 Å². The summed E-state index contributed by atoms with van der Waals surface area (Å²) in [7, 11) is 0. The smallest absolute Gasteiger partial charge is 0.215 e. The third kappa shape index (κ3) is 4.76. The monoisotopic (exact) mass is 286 g/mol. The van der Waals surface area contributed by atoms with Crippen LogP contribution >= 0.6 is 0 Å². The first kappa shape index (κ1) is 15.3. The summed E-state index contributed by atoms with van der Waals surface area (Å²) in [5.74, 6) is 1.46. The molecule has 2 aromatic rings. The zero-order chi connectivity index (χ0) is 14.9. The van der Waals surface area contributed by atoms with Crippen LogP contribution in [0.4, 0.5) is 5.82 Å². The molecule has 0 fully saturated rings. The summed E-state index contributed by atoms with van der Waals surface area (Å²) in [4.78, 5) is 4.40. The molecular weight excluding hydrogens is 264 g/mol. The lowest BCUT2D eigenvalue weighted by Gasteiger charge is -2.11. The van der Waals surface area contributed by atoms with Crippen LogP contribution in [-0.4, -0.2) is 18.2 Å². The molecule has 2 rings (SSSR count). The van der Waals surface area contributed by atoms with Gasteiger partial charge in [0.25, 0.3) is 0 Å². The van der Waals surface area contributed by atoms with Gasteiger partial charge in [-0.2, -0.15) is 4.98 Å². The van der Waals surface area contributed by atoms with Crippen LogP contribution in [0.2, 0.25) is 0 Å². The van der Waals surface area contributed by atoms with Gasteiger partial charge in [-0.3, -0.25) is 0 Å². The molecule has 0 atom stereocenters. The summed E-state index contributed by atoms with van der Waals surface area (Å²) in [6, 6.07) is 14.0. The minimum Gasteiger partial charge on any atom is -0.478 e. The Morgan fingerprint density at radius 1 is 0.952 bits per heavy atom. The van der Waals surface area contributed by atoms with Crippen molar-refractivity contribution in [2.24, 2.45) is 0 Å². The third-order valence-electron chi connectivity index (χ3n) is 3.06. The number of nitrogens with zero attached hydrogens (tertiary/aromatic N) is 1. The Bertz CT molecular complexity index is 558. The molecule has 1 N–H and O–H groups in total. The quantitative estimate of drug-likeness (QED) is 0.804. The van der Waals surface area contributed by atoms with Crippen molar-refractivity contribution in [2.45, 2.75) is 27.0 Å². The Labute approximate surface area is 126 Å². The van der Waals surface area contributed by atoms with Crippen molar-refractivity contribution in [2.75, 3.05) is 18.5 Å². The molecule has 4 heteroatoms. The average molecular weight is 286 g/mol. The van der Waals surface area contributed by atoms with E-state index in [9.17, 15) is 0 Å². The molecule has 4 nitrogen and oxygen atoms in total. The molecule has 1 heterocycles. The van der Waals surface area contributed by atoms with Gasteiger partial charge in [0, 0.05) is 19.2 Å². The number of pyridine rings is 1. The molecule has 0 bridgehead atoms. The van der Waals surface area contributed by atoms with E-state index >= 15 is 0 Å². The van der Waals surface area contributed by atoms with E-state index < -0.39 is 0 Å². The second-order valence-electron chi connectivity index (χ2n) is 4.55. The molecule has 0 unspecified atom stereocenters. The maximum Gasteiger partial charge on any atom is 0.215 e. The molecule has 0 radical (unpaired) electrons. The van der Waals surface area contributed by atoms with Gasteiger partial charge in [0.15, 0.2) is 0 Å². The summed E-state index contributed by atoms with van der Waals surface area (Å²) >= 11 is 0. The first-order valence-electron chi connectivity index (χ1n) is 7.31. The largest absolute Gasteiger partial charge is 0.478 e. The number of rotatable bonds is 8. The van der Waals surface area contributed by atoms with Gasteiger partial charge in [0.2, 0.25) is 5.88 Å². The second-order valence-corrected chi connectivity index (χ2v) is 4.55. The first-order chi connectivity index (χ1) is 10.3. The molecule has 1 aromatic heterocycles. The van der Waals surface area contributed by atoms with Gasteiger partial charge >= 0.3 is 0 Å². The van der Waals surface area contributed by atoms with Crippen molar-refractivity contribution in [1.29, 1.82) is 0 Å². The van der Waals surface area contributed by atoms with E-state index in [1.54, 1.807) is 0 Å². The normalized spacial score (nSPS) is 10.4. The number of anilines is 1. The fourth-order valence-electron chi connectivity index (χ4n) is 2.01. The van der Waals surface area contributed by atoms with E-state index in [4.69, 9.17) is 9.47 Å². The van der Waals surface area contributed by atoms with E-state index in [0.717, 1.165) is 12.4 Å². The molecule has 21 heavy (non-hydrogen) atoms. The van der Waals surface area contributed by atoms with E-state index in [2.05, 4.69) is 22.4 Å². The topological polar surface area (TPSA) is 43.4 Å². The van der Waals surface area contributed by atoms with E-state index in [1.165, 1.54) is 11.1 Å². The van der Waals surface area contributed by atoms with Crippen molar-refractivity contribution >= 4 is 5.82 Å². The molecule has 1 aromatic carbocycles. The van der Waals surface area contributed by atoms with Crippen LogP contribution in [0.3, 0.4) is 0 Å². The SMILES string of the molecule is CCOCc1ccccc1CNc1cccc(OCC)n1. The highest BCUT2D eigenvalue weighted by molar-refractivity contribution is 5.39. The Morgan fingerprint density at radius 2 is 1.76 bits per heavy atom. The fraction of sp³-hybridized carbons (Fsp3) is 0.353. The number of benzene rings is 1. The van der Waals surface area contributed by atoms with Crippen LogP contribution in [0.25, 0.3) is 0 Å². The van der Waals surface area contributed by atoms with Crippen molar-refractivity contribution < 1.29 is 9.47 Å². The first-order valence-corrected chi connectivity index (χ1v) is 7.31. The minimum absolute atomic E-state index is 0.619. The molecule has 0 aliphatic carbocycles. The van der Waals surface area contributed by atoms with E-state index in [0.29, 0.717) is 25.6 Å². The highest BCUT2D eigenvalue weighted by atomic mass is 16.5. The van der Waals surface area contributed by atoms with Gasteiger partial charge in [-0.15, -0.1) is 0 Å². The molecular formula is C17H22N2O2. The number of hydrogen-bond donors (Lipinski definition) is 1. The number of hydrogen-bond acceptors (Lipinski definition) is 4. The van der Waals surface area contributed by atoms with Gasteiger partial charge in [0.05, 0.1) is 13.2 Å². The molecule has 112 valence electrons. The van der Waals surface area contributed by atoms with Crippen molar-refractivity contribution in [3.05, 3.63) is 53.6 Å². The van der Waals surface area contributed by atoms with Crippen LogP contribution < -0.4 is 10.1 Å². The van der Waals surface area contributed by atoms with Crippen LogP contribution in [0.1, 0.15) is 25.0 Å². The van der Waals surface area contributed by atoms with Crippen molar-refractivity contribution in [3.63, 3.8) is 0 Å². The summed E-state index contributed by atoms with van der Waals surface area (Å²) in [6.45, 7) is 6.65. The molecule has 0 amide bonds. The predicted octanol–water partition coefficient (Wildman–Crippen LogP) is 3.63. The Kier molecular flexibility index (Phi) is 6.03. The zero-order valence-electron chi connectivity index (χ0n) is 12.6. The van der Waals surface area contributed by atoms with Gasteiger partial charge in [-0.25, -0.2) is 0 Å². The lowest BCUT2D eigenvalue weighted by Crippen LogP contribution is -2.06.